The van der Waals surface area contributed by atoms with Gasteiger partial charge in [-0.1, -0.05) is 12.1 Å². The monoisotopic (exact) mass is 329 g/mol. The molecule has 0 aliphatic carbocycles. The third-order valence-electron chi connectivity index (χ3n) is 4.33. The minimum atomic E-state index is -0.689. The molecule has 3 atom stereocenters. The van der Waals surface area contributed by atoms with Crippen LogP contribution in [-0.2, 0) is 9.59 Å². The van der Waals surface area contributed by atoms with E-state index in [-0.39, 0.29) is 17.5 Å². The van der Waals surface area contributed by atoms with Gasteiger partial charge in [-0.05, 0) is 19.4 Å². The largest absolute Gasteiger partial charge is 0.272 e. The first-order valence-electron chi connectivity index (χ1n) is 7.32. The first-order chi connectivity index (χ1) is 11.4. The molecule has 24 heavy (non-hydrogen) atoms. The second-order valence-electron chi connectivity index (χ2n) is 5.79. The van der Waals surface area contributed by atoms with E-state index in [1.807, 2.05) is 0 Å². The SMILES string of the molecule is CC1=NNC(=O)[C@H]1C(c1cccc([N+](=O)[O-])c1)[C@H]1C(=O)NN=C1C. The average Bonchev–Trinajstić information content (AvgIpc) is 3.05. The van der Waals surface area contributed by atoms with E-state index < -0.39 is 22.7 Å². The molecule has 1 unspecified atom stereocenters. The Bertz CT molecular complexity index is 763. The van der Waals surface area contributed by atoms with Crippen LogP contribution in [0.5, 0.6) is 0 Å². The highest BCUT2D eigenvalue weighted by Gasteiger charge is 2.46. The molecule has 0 spiro atoms. The number of nitro benzene ring substituents is 1. The zero-order valence-electron chi connectivity index (χ0n) is 13.0. The number of non-ortho nitro benzene ring substituents is 1. The zero-order chi connectivity index (χ0) is 17.4. The number of rotatable bonds is 4. The van der Waals surface area contributed by atoms with E-state index in [4.69, 9.17) is 0 Å². The second-order valence-corrected chi connectivity index (χ2v) is 5.79. The van der Waals surface area contributed by atoms with E-state index in [1.54, 1.807) is 26.0 Å². The Morgan fingerprint density at radius 3 is 2.04 bits per heavy atom. The average molecular weight is 329 g/mol. The van der Waals surface area contributed by atoms with E-state index >= 15 is 0 Å². The van der Waals surface area contributed by atoms with Crippen LogP contribution in [-0.4, -0.2) is 28.2 Å². The molecule has 0 radical (unpaired) electrons. The molecule has 0 saturated heterocycles. The summed E-state index contributed by atoms with van der Waals surface area (Å²) in [5, 5.41) is 18.9. The molecule has 2 heterocycles. The number of carbonyl (C=O) groups excluding carboxylic acids is 2. The number of benzene rings is 1. The maximum atomic E-state index is 12.3. The summed E-state index contributed by atoms with van der Waals surface area (Å²) in [6.45, 7) is 3.37. The minimum Gasteiger partial charge on any atom is -0.272 e. The number of nitrogens with one attached hydrogen (secondary N) is 2. The molecule has 9 nitrogen and oxygen atoms in total. The number of hydrazone groups is 2. The quantitative estimate of drug-likeness (QED) is 0.629. The van der Waals surface area contributed by atoms with Crippen molar-refractivity contribution < 1.29 is 14.5 Å². The molecule has 2 aliphatic heterocycles. The lowest BCUT2D eigenvalue weighted by Crippen LogP contribution is -2.38. The number of amides is 2. The predicted octanol–water partition coefficient (Wildman–Crippen LogP) is 0.922. The highest BCUT2D eigenvalue weighted by atomic mass is 16.6. The van der Waals surface area contributed by atoms with Gasteiger partial charge < -0.3 is 0 Å². The molecule has 1 aromatic carbocycles. The Morgan fingerprint density at radius 1 is 1.08 bits per heavy atom. The van der Waals surface area contributed by atoms with Gasteiger partial charge >= 0.3 is 0 Å². The van der Waals surface area contributed by atoms with Gasteiger partial charge in [-0.2, -0.15) is 10.2 Å². The minimum absolute atomic E-state index is 0.0986. The van der Waals surface area contributed by atoms with Crippen LogP contribution in [0.2, 0.25) is 0 Å². The predicted molar refractivity (Wildman–Crippen MR) is 85.3 cm³/mol. The summed E-state index contributed by atoms with van der Waals surface area (Å²) >= 11 is 0. The van der Waals surface area contributed by atoms with E-state index in [2.05, 4.69) is 21.1 Å². The Hall–Kier alpha value is -3.10. The lowest BCUT2D eigenvalue weighted by Gasteiger charge is -2.26. The highest BCUT2D eigenvalue weighted by Crippen LogP contribution is 2.38. The van der Waals surface area contributed by atoms with Crippen LogP contribution in [0.25, 0.3) is 0 Å². The van der Waals surface area contributed by atoms with Gasteiger partial charge in [-0.25, -0.2) is 10.9 Å². The van der Waals surface area contributed by atoms with Crippen LogP contribution in [0.3, 0.4) is 0 Å². The van der Waals surface area contributed by atoms with Crippen molar-refractivity contribution in [3.63, 3.8) is 0 Å². The van der Waals surface area contributed by atoms with Crippen molar-refractivity contribution in [1.82, 2.24) is 10.9 Å². The van der Waals surface area contributed by atoms with Gasteiger partial charge in [0.05, 0.1) is 16.8 Å². The van der Waals surface area contributed by atoms with E-state index in [9.17, 15) is 19.7 Å². The fourth-order valence-corrected chi connectivity index (χ4v) is 3.21. The summed E-state index contributed by atoms with van der Waals surface area (Å²) in [4.78, 5) is 35.1. The van der Waals surface area contributed by atoms with Gasteiger partial charge in [0, 0.05) is 29.5 Å². The third-order valence-corrected chi connectivity index (χ3v) is 4.33. The summed E-state index contributed by atoms with van der Waals surface area (Å²) in [6.07, 6.45) is 0. The van der Waals surface area contributed by atoms with Crippen LogP contribution >= 0.6 is 0 Å². The summed E-state index contributed by atoms with van der Waals surface area (Å²) in [6, 6.07) is 5.98. The first kappa shape index (κ1) is 15.8. The van der Waals surface area contributed by atoms with Crippen LogP contribution in [0.15, 0.2) is 34.5 Å². The first-order valence-corrected chi connectivity index (χ1v) is 7.32. The fourth-order valence-electron chi connectivity index (χ4n) is 3.21. The van der Waals surface area contributed by atoms with Crippen molar-refractivity contribution in [3.8, 4) is 0 Å². The molecule has 1 aromatic rings. The Kier molecular flexibility index (Phi) is 3.84. The van der Waals surface area contributed by atoms with Gasteiger partial charge in [0.15, 0.2) is 0 Å². The number of carbonyl (C=O) groups is 2. The summed E-state index contributed by atoms with van der Waals surface area (Å²) in [5.74, 6) is -2.67. The number of nitro groups is 1. The highest BCUT2D eigenvalue weighted by molar-refractivity contribution is 6.12. The molecule has 0 aromatic heterocycles. The second kappa shape index (κ2) is 5.84. The molecule has 3 rings (SSSR count). The molecule has 0 fully saturated rings. The lowest BCUT2D eigenvalue weighted by atomic mass is 9.73. The van der Waals surface area contributed by atoms with Crippen molar-refractivity contribution in [2.75, 3.05) is 0 Å². The molecule has 124 valence electrons. The van der Waals surface area contributed by atoms with Crippen LogP contribution in [0.1, 0.15) is 25.3 Å². The maximum Gasteiger partial charge on any atom is 0.269 e. The van der Waals surface area contributed by atoms with E-state index in [0.717, 1.165) is 0 Å². The molecule has 2 N–H and O–H groups in total. The summed E-state index contributed by atoms with van der Waals surface area (Å²) in [7, 11) is 0. The van der Waals surface area contributed by atoms with Crippen LogP contribution < -0.4 is 10.9 Å². The van der Waals surface area contributed by atoms with E-state index in [0.29, 0.717) is 17.0 Å². The maximum absolute atomic E-state index is 12.3. The molecule has 2 amide bonds. The normalized spacial score (nSPS) is 24.1. The van der Waals surface area contributed by atoms with Crippen LogP contribution in [0.4, 0.5) is 5.69 Å². The molecule has 9 heteroatoms. The van der Waals surface area contributed by atoms with Crippen molar-refractivity contribution >= 4 is 28.9 Å². The fraction of sp³-hybridized carbons (Fsp3) is 0.333. The summed E-state index contributed by atoms with van der Waals surface area (Å²) in [5.41, 5.74) is 6.30. The van der Waals surface area contributed by atoms with Crippen molar-refractivity contribution in [2.24, 2.45) is 22.0 Å². The topological polar surface area (TPSA) is 126 Å². The van der Waals surface area contributed by atoms with Crippen molar-refractivity contribution in [3.05, 3.63) is 39.9 Å². The number of nitrogens with zero attached hydrogens (tertiary/aromatic N) is 3. The third kappa shape index (κ3) is 2.53. The molecular weight excluding hydrogens is 314 g/mol. The Morgan fingerprint density at radius 2 is 1.62 bits per heavy atom. The van der Waals surface area contributed by atoms with Crippen molar-refractivity contribution in [1.29, 1.82) is 0 Å². The van der Waals surface area contributed by atoms with E-state index in [1.165, 1.54) is 12.1 Å². The molecule has 2 aliphatic rings. The Balaban J connectivity index is 2.12. The van der Waals surface area contributed by atoms with Gasteiger partial charge in [-0.3, -0.25) is 19.7 Å². The van der Waals surface area contributed by atoms with Crippen molar-refractivity contribution in [2.45, 2.75) is 19.8 Å². The van der Waals surface area contributed by atoms with Gasteiger partial charge in [0.25, 0.3) is 5.69 Å². The molecule has 0 saturated carbocycles. The zero-order valence-corrected chi connectivity index (χ0v) is 13.0. The smallest absolute Gasteiger partial charge is 0.269 e. The lowest BCUT2D eigenvalue weighted by molar-refractivity contribution is -0.384. The van der Waals surface area contributed by atoms with Crippen LogP contribution in [0, 0.1) is 22.0 Å². The van der Waals surface area contributed by atoms with Gasteiger partial charge in [0.1, 0.15) is 0 Å². The van der Waals surface area contributed by atoms with Gasteiger partial charge in [-0.15, -0.1) is 0 Å². The number of hydrogen-bond donors (Lipinski definition) is 2. The molecular formula is C15H15N5O4. The standard InChI is InChI=1S/C15H15N5O4/c1-7-11(14(21)18-16-7)13(12-8(2)17-19-15(12)22)9-4-3-5-10(6-9)20(23)24/h3-6,11-13H,1-2H3,(H,18,21)(H,19,22)/t11-,12+,13?. The summed E-state index contributed by atoms with van der Waals surface area (Å²) < 4.78 is 0. The Labute approximate surface area is 137 Å². The number of hydrogen-bond acceptors (Lipinski definition) is 6. The molecule has 0 bridgehead atoms. The van der Waals surface area contributed by atoms with Gasteiger partial charge in [0.2, 0.25) is 11.8 Å².